The number of hydrogen-bond donors (Lipinski definition) is 2. The molecule has 0 amide bonds. The van der Waals surface area contributed by atoms with E-state index in [1.807, 2.05) is 6.07 Å². The maximum Gasteiger partial charge on any atom is 0.335 e. The molecule has 5 heteroatoms. The van der Waals surface area contributed by atoms with E-state index < -0.39 is 5.97 Å². The second-order valence-electron chi connectivity index (χ2n) is 6.78. The summed E-state index contributed by atoms with van der Waals surface area (Å²) in [4.78, 5) is 15.8. The number of carbonyl (C=O) groups is 1. The van der Waals surface area contributed by atoms with E-state index in [9.17, 15) is 4.79 Å². The quantitative estimate of drug-likeness (QED) is 0.637. The Balaban J connectivity index is 0.000000197. The summed E-state index contributed by atoms with van der Waals surface area (Å²) in [7, 11) is 2.16. The molecule has 0 aliphatic carbocycles. The molecule has 1 aliphatic heterocycles. The summed E-state index contributed by atoms with van der Waals surface area (Å²) in [5.41, 5.74) is 5.33. The number of benzene rings is 2. The van der Waals surface area contributed by atoms with Crippen molar-refractivity contribution in [1.29, 1.82) is 0 Å². The molecule has 4 nitrogen and oxygen atoms in total. The number of likely N-dealkylation sites (N-methyl/N-ethyl adjacent to an activating group) is 1. The number of halogens is 1. The first kappa shape index (κ1) is 19.2. The van der Waals surface area contributed by atoms with E-state index in [4.69, 9.17) is 16.7 Å². The van der Waals surface area contributed by atoms with Crippen molar-refractivity contribution in [2.45, 2.75) is 13.3 Å². The predicted molar refractivity (Wildman–Crippen MR) is 112 cm³/mol. The molecule has 4 rings (SSSR count). The van der Waals surface area contributed by atoms with Gasteiger partial charge in [-0.2, -0.15) is 0 Å². The van der Waals surface area contributed by atoms with Gasteiger partial charge < -0.3 is 15.0 Å². The molecule has 0 spiro atoms. The third kappa shape index (κ3) is 4.59. The first-order valence-corrected chi connectivity index (χ1v) is 9.27. The summed E-state index contributed by atoms with van der Waals surface area (Å²) in [6.45, 7) is 4.24. The fourth-order valence-corrected chi connectivity index (χ4v) is 3.51. The van der Waals surface area contributed by atoms with Gasteiger partial charge in [-0.05, 0) is 55.8 Å². The van der Waals surface area contributed by atoms with Crippen molar-refractivity contribution in [3.8, 4) is 0 Å². The highest BCUT2D eigenvalue weighted by Crippen LogP contribution is 2.33. The molecule has 0 saturated carbocycles. The van der Waals surface area contributed by atoms with Crippen molar-refractivity contribution in [2.24, 2.45) is 0 Å². The van der Waals surface area contributed by atoms with E-state index in [0.717, 1.165) is 30.0 Å². The zero-order valence-corrected chi connectivity index (χ0v) is 16.3. The van der Waals surface area contributed by atoms with Gasteiger partial charge in [0, 0.05) is 30.2 Å². The number of fused-ring (bicyclic) bond motifs is 1. The summed E-state index contributed by atoms with van der Waals surface area (Å²) in [5, 5.41) is 10.4. The summed E-state index contributed by atoms with van der Waals surface area (Å²) < 4.78 is 0. The van der Waals surface area contributed by atoms with Gasteiger partial charge in [-0.1, -0.05) is 35.9 Å². The van der Waals surface area contributed by atoms with Crippen molar-refractivity contribution < 1.29 is 9.90 Å². The number of aromatic amines is 1. The highest BCUT2D eigenvalue weighted by molar-refractivity contribution is 6.35. The smallest absolute Gasteiger partial charge is 0.335 e. The summed E-state index contributed by atoms with van der Waals surface area (Å²) in [6, 6.07) is 12.5. The van der Waals surface area contributed by atoms with Gasteiger partial charge in [0.2, 0.25) is 0 Å². The van der Waals surface area contributed by atoms with Crippen LogP contribution in [0.15, 0.2) is 54.7 Å². The summed E-state index contributed by atoms with van der Waals surface area (Å²) >= 11 is 6.28. The van der Waals surface area contributed by atoms with Gasteiger partial charge in [-0.15, -0.1) is 0 Å². The molecule has 0 saturated heterocycles. The average Bonchev–Trinajstić information content (AvgIpc) is 3.08. The minimum Gasteiger partial charge on any atom is -0.478 e. The largest absolute Gasteiger partial charge is 0.478 e. The number of rotatable bonds is 2. The van der Waals surface area contributed by atoms with Crippen LogP contribution in [-0.2, 0) is 0 Å². The lowest BCUT2D eigenvalue weighted by atomic mass is 9.98. The first-order chi connectivity index (χ1) is 13.0. The molecule has 0 radical (unpaired) electrons. The van der Waals surface area contributed by atoms with Gasteiger partial charge in [0.05, 0.1) is 16.1 Å². The summed E-state index contributed by atoms with van der Waals surface area (Å²) in [5.74, 6) is -0.879. The standard InChI is InChI=1S/C15H17ClN2.C7H6O2/c1-10-7-12-13(9-17-15(12)14(16)8-10)11-3-5-18(2)6-4-11;8-7(9)6-4-2-1-3-5-6/h3,7-9,17H,4-6H2,1-2H3;1-5H,(H,8,9). The van der Waals surface area contributed by atoms with Crippen molar-refractivity contribution in [3.63, 3.8) is 0 Å². The molecule has 140 valence electrons. The van der Waals surface area contributed by atoms with E-state index >= 15 is 0 Å². The topological polar surface area (TPSA) is 56.3 Å². The number of nitrogens with one attached hydrogen (secondary N) is 1. The van der Waals surface area contributed by atoms with Gasteiger partial charge in [0.25, 0.3) is 0 Å². The Bertz CT molecular complexity index is 977. The van der Waals surface area contributed by atoms with Crippen molar-refractivity contribution in [2.75, 3.05) is 20.1 Å². The fourth-order valence-electron chi connectivity index (χ4n) is 3.19. The van der Waals surface area contributed by atoms with Crippen molar-refractivity contribution in [3.05, 3.63) is 76.5 Å². The van der Waals surface area contributed by atoms with Crippen LogP contribution in [0.4, 0.5) is 0 Å². The van der Waals surface area contributed by atoms with Crippen LogP contribution < -0.4 is 0 Å². The average molecular weight is 383 g/mol. The maximum absolute atomic E-state index is 10.2. The number of H-pyrrole nitrogens is 1. The fraction of sp³-hybridized carbons (Fsp3) is 0.227. The van der Waals surface area contributed by atoms with Crippen LogP contribution in [-0.4, -0.2) is 41.1 Å². The first-order valence-electron chi connectivity index (χ1n) is 8.89. The van der Waals surface area contributed by atoms with E-state index in [1.54, 1.807) is 30.3 Å². The van der Waals surface area contributed by atoms with Crippen molar-refractivity contribution >= 4 is 34.0 Å². The Labute approximate surface area is 164 Å². The number of aromatic nitrogens is 1. The Morgan fingerprint density at radius 3 is 2.56 bits per heavy atom. The normalized spacial score (nSPS) is 14.4. The van der Waals surface area contributed by atoms with Crippen LogP contribution in [0.5, 0.6) is 0 Å². The molecule has 27 heavy (non-hydrogen) atoms. The third-order valence-electron chi connectivity index (χ3n) is 4.66. The van der Waals surface area contributed by atoms with E-state index in [1.165, 1.54) is 22.1 Å². The highest BCUT2D eigenvalue weighted by Gasteiger charge is 2.14. The molecular weight excluding hydrogens is 360 g/mol. The SMILES string of the molecule is Cc1cc(Cl)c2[nH]cc(C3=CCN(C)CC3)c2c1.O=C(O)c1ccccc1. The number of hydrogen-bond acceptors (Lipinski definition) is 2. The van der Waals surface area contributed by atoms with Gasteiger partial charge in [-0.3, -0.25) is 0 Å². The third-order valence-corrected chi connectivity index (χ3v) is 4.96. The zero-order chi connectivity index (χ0) is 19.4. The van der Waals surface area contributed by atoms with Crippen LogP contribution in [0.2, 0.25) is 5.02 Å². The molecule has 0 atom stereocenters. The Kier molecular flexibility index (Phi) is 5.99. The number of carboxylic acid groups (broad SMARTS) is 1. The monoisotopic (exact) mass is 382 g/mol. The second kappa shape index (κ2) is 8.42. The van der Waals surface area contributed by atoms with Crippen LogP contribution in [0.3, 0.4) is 0 Å². The lowest BCUT2D eigenvalue weighted by Gasteiger charge is -2.21. The number of nitrogens with zero attached hydrogens (tertiary/aromatic N) is 1. The molecule has 0 fully saturated rings. The Morgan fingerprint density at radius 2 is 1.96 bits per heavy atom. The molecule has 2 aromatic carbocycles. The van der Waals surface area contributed by atoms with Gasteiger partial charge >= 0.3 is 5.97 Å². The molecule has 0 unspecified atom stereocenters. The number of aromatic carboxylic acids is 1. The molecule has 1 aliphatic rings. The number of carboxylic acids is 1. The molecule has 3 aromatic rings. The van der Waals surface area contributed by atoms with E-state index in [-0.39, 0.29) is 0 Å². The highest BCUT2D eigenvalue weighted by atomic mass is 35.5. The van der Waals surface area contributed by atoms with Crippen LogP contribution in [0.1, 0.15) is 27.9 Å². The second-order valence-corrected chi connectivity index (χ2v) is 7.19. The molecule has 2 N–H and O–H groups in total. The van der Waals surface area contributed by atoms with Gasteiger partial charge in [0.15, 0.2) is 0 Å². The van der Waals surface area contributed by atoms with Crippen LogP contribution in [0.25, 0.3) is 16.5 Å². The maximum atomic E-state index is 10.2. The van der Waals surface area contributed by atoms with Crippen LogP contribution in [0, 0.1) is 6.92 Å². The molecule has 1 aromatic heterocycles. The van der Waals surface area contributed by atoms with E-state index in [0.29, 0.717) is 5.56 Å². The molecular formula is C22H23ClN2O2. The van der Waals surface area contributed by atoms with E-state index in [2.05, 4.69) is 42.2 Å². The van der Waals surface area contributed by atoms with Gasteiger partial charge in [0.1, 0.15) is 0 Å². The lowest BCUT2D eigenvalue weighted by Crippen LogP contribution is -2.23. The van der Waals surface area contributed by atoms with Gasteiger partial charge in [-0.25, -0.2) is 4.79 Å². The minimum atomic E-state index is -0.879. The Morgan fingerprint density at radius 1 is 1.22 bits per heavy atom. The van der Waals surface area contributed by atoms with Crippen molar-refractivity contribution in [1.82, 2.24) is 9.88 Å². The number of aryl methyl sites for hydroxylation is 1. The lowest BCUT2D eigenvalue weighted by molar-refractivity contribution is 0.0697. The zero-order valence-electron chi connectivity index (χ0n) is 15.5. The predicted octanol–water partition coefficient (Wildman–Crippen LogP) is 5.23. The summed E-state index contributed by atoms with van der Waals surface area (Å²) in [6.07, 6.45) is 5.52. The minimum absolute atomic E-state index is 0.331. The molecule has 0 bridgehead atoms. The van der Waals surface area contributed by atoms with Crippen LogP contribution >= 0.6 is 11.6 Å². The molecule has 2 heterocycles. The Hall–Kier alpha value is -2.56.